The first-order chi connectivity index (χ1) is 21.7. The molecule has 3 aliphatic heterocycles. The molecule has 236 valence electrons. The number of oxime groups is 1. The molecule has 1 spiro atoms. The molecule has 6 rings (SSSR count). The van der Waals surface area contributed by atoms with Crippen molar-refractivity contribution in [3.8, 4) is 0 Å². The molecule has 45 heavy (non-hydrogen) atoms. The summed E-state index contributed by atoms with van der Waals surface area (Å²) in [5.74, 6) is -3.15. The van der Waals surface area contributed by atoms with Crippen molar-refractivity contribution >= 4 is 52.4 Å². The molecular weight excluding hydrogens is 598 g/mol. The van der Waals surface area contributed by atoms with Gasteiger partial charge in [0.05, 0.1) is 24.2 Å². The lowest BCUT2D eigenvalue weighted by Gasteiger charge is -2.28. The van der Waals surface area contributed by atoms with Crippen LogP contribution in [0.15, 0.2) is 59.8 Å². The maximum absolute atomic E-state index is 14.1. The van der Waals surface area contributed by atoms with E-state index >= 15 is 0 Å². The second kappa shape index (κ2) is 12.6. The standard InChI is InChI=1S/C33H36ClN5O6/c1-2-7-25(29(41)31(43)35-23-12-13-23)36-30(42)27-17-33(16-26(37-45-33)20-8-6-9-22(34)14-20)19-39(27)32(44)21-15-28(40)38(18-21)24-10-4-3-5-11-24/h3-6,8-11,14,21,23,25,27H,2,7,12-13,15-19H2,1H3,(H,35,43)(H,36,42)/t21?,25-,27-,33?/m0/s1. The third-order valence-electron chi connectivity index (χ3n) is 8.87. The average Bonchev–Trinajstić information content (AvgIpc) is 3.44. The number of halogens is 1. The van der Waals surface area contributed by atoms with Gasteiger partial charge in [-0.25, -0.2) is 0 Å². The van der Waals surface area contributed by atoms with Crippen molar-refractivity contribution < 1.29 is 28.8 Å². The van der Waals surface area contributed by atoms with Crippen LogP contribution < -0.4 is 15.5 Å². The molecule has 1 aliphatic carbocycles. The fourth-order valence-corrected chi connectivity index (χ4v) is 6.58. The molecule has 2 N–H and O–H groups in total. The van der Waals surface area contributed by atoms with E-state index in [1.54, 1.807) is 17.0 Å². The summed E-state index contributed by atoms with van der Waals surface area (Å²) < 4.78 is 0. The summed E-state index contributed by atoms with van der Waals surface area (Å²) in [4.78, 5) is 75.7. The zero-order valence-electron chi connectivity index (χ0n) is 25.0. The summed E-state index contributed by atoms with van der Waals surface area (Å²) in [5.41, 5.74) is 1.15. The number of hydrogen-bond acceptors (Lipinski definition) is 7. The van der Waals surface area contributed by atoms with Crippen LogP contribution in [0.25, 0.3) is 0 Å². The van der Waals surface area contributed by atoms with E-state index in [0.29, 0.717) is 29.3 Å². The SMILES string of the molecule is CCC[C@H](NC(=O)[C@@H]1CC2(CC(c3cccc(Cl)c3)=NO2)CN1C(=O)C1CC(=O)N(c2ccccc2)C1)C(=O)C(=O)NC1CC1. The van der Waals surface area contributed by atoms with Crippen molar-refractivity contribution in [2.75, 3.05) is 18.0 Å². The minimum absolute atomic E-state index is 0.0000112. The summed E-state index contributed by atoms with van der Waals surface area (Å²) in [7, 11) is 0. The Hall–Kier alpha value is -4.25. The Bertz CT molecular complexity index is 1540. The molecular formula is C33H36ClN5O6. The number of anilines is 1. The van der Waals surface area contributed by atoms with Gasteiger partial charge in [-0.1, -0.05) is 60.4 Å². The number of nitrogens with one attached hydrogen (secondary N) is 2. The van der Waals surface area contributed by atoms with Gasteiger partial charge in [0.2, 0.25) is 23.5 Å². The number of nitrogens with zero attached hydrogens (tertiary/aromatic N) is 3. The van der Waals surface area contributed by atoms with E-state index in [-0.39, 0.29) is 50.2 Å². The molecule has 2 aromatic carbocycles. The Morgan fingerprint density at radius 2 is 1.89 bits per heavy atom. The van der Waals surface area contributed by atoms with E-state index in [4.69, 9.17) is 16.4 Å². The van der Waals surface area contributed by atoms with Crippen molar-refractivity contribution in [2.24, 2.45) is 11.1 Å². The van der Waals surface area contributed by atoms with Crippen LogP contribution >= 0.6 is 11.6 Å². The topological polar surface area (TPSA) is 137 Å². The van der Waals surface area contributed by atoms with Crippen LogP contribution in [0.3, 0.4) is 0 Å². The first-order valence-corrected chi connectivity index (χ1v) is 15.9. The lowest BCUT2D eigenvalue weighted by atomic mass is 9.91. The fraction of sp³-hybridized carbons (Fsp3) is 0.455. The summed E-state index contributed by atoms with van der Waals surface area (Å²) in [5, 5.41) is 10.3. The normalized spacial score (nSPS) is 24.8. The van der Waals surface area contributed by atoms with Gasteiger partial charge in [0.1, 0.15) is 6.04 Å². The number of benzene rings is 2. The van der Waals surface area contributed by atoms with Crippen LogP contribution in [0, 0.1) is 5.92 Å². The minimum Gasteiger partial charge on any atom is -0.387 e. The monoisotopic (exact) mass is 633 g/mol. The second-order valence-corrected chi connectivity index (χ2v) is 12.8. The lowest BCUT2D eigenvalue weighted by molar-refractivity contribution is -0.143. The van der Waals surface area contributed by atoms with E-state index in [1.807, 2.05) is 49.4 Å². The summed E-state index contributed by atoms with van der Waals surface area (Å²) >= 11 is 6.21. The smallest absolute Gasteiger partial charge is 0.289 e. The highest BCUT2D eigenvalue weighted by molar-refractivity contribution is 6.38. The summed E-state index contributed by atoms with van der Waals surface area (Å²) in [6.45, 7) is 2.12. The van der Waals surface area contributed by atoms with Gasteiger partial charge in [0, 0.05) is 48.1 Å². The third kappa shape index (κ3) is 6.58. The average molecular weight is 634 g/mol. The highest BCUT2D eigenvalue weighted by Crippen LogP contribution is 2.40. The van der Waals surface area contributed by atoms with Gasteiger partial charge < -0.3 is 25.3 Å². The zero-order chi connectivity index (χ0) is 31.7. The van der Waals surface area contributed by atoms with Gasteiger partial charge in [0.25, 0.3) is 5.91 Å². The quantitative estimate of drug-likeness (QED) is 0.386. The van der Waals surface area contributed by atoms with Gasteiger partial charge in [-0.3, -0.25) is 24.0 Å². The number of amides is 4. The maximum atomic E-state index is 14.1. The molecule has 3 fully saturated rings. The summed E-state index contributed by atoms with van der Waals surface area (Å²) in [6.07, 6.45) is 2.96. The van der Waals surface area contributed by atoms with Crippen molar-refractivity contribution in [1.82, 2.24) is 15.5 Å². The fourth-order valence-electron chi connectivity index (χ4n) is 6.38. The number of Topliss-reactive ketones (excluding diaryl/α,β-unsaturated/α-hetero) is 1. The number of carbonyl (C=O) groups is 5. The molecule has 2 saturated heterocycles. The van der Waals surface area contributed by atoms with Crippen LogP contribution in [0.2, 0.25) is 5.02 Å². The molecule has 1 saturated carbocycles. The molecule has 0 aromatic heterocycles. The van der Waals surface area contributed by atoms with Crippen molar-refractivity contribution in [3.05, 3.63) is 65.2 Å². The van der Waals surface area contributed by atoms with E-state index in [0.717, 1.165) is 18.4 Å². The van der Waals surface area contributed by atoms with Gasteiger partial charge >= 0.3 is 0 Å². The van der Waals surface area contributed by atoms with Crippen molar-refractivity contribution in [2.45, 2.75) is 75.6 Å². The van der Waals surface area contributed by atoms with E-state index < -0.39 is 41.2 Å². The van der Waals surface area contributed by atoms with E-state index in [1.165, 1.54) is 4.90 Å². The van der Waals surface area contributed by atoms with Gasteiger partial charge in [-0.05, 0) is 43.5 Å². The molecule has 12 heteroatoms. The highest BCUT2D eigenvalue weighted by atomic mass is 35.5. The molecule has 2 unspecified atom stereocenters. The Morgan fingerprint density at radius 1 is 1.11 bits per heavy atom. The van der Waals surface area contributed by atoms with Crippen molar-refractivity contribution in [3.63, 3.8) is 0 Å². The van der Waals surface area contributed by atoms with Crippen LogP contribution in [-0.2, 0) is 28.8 Å². The number of rotatable bonds is 10. The summed E-state index contributed by atoms with van der Waals surface area (Å²) in [6, 6.07) is 14.3. The first-order valence-electron chi connectivity index (χ1n) is 15.5. The molecule has 0 bridgehead atoms. The number of ketones is 1. The van der Waals surface area contributed by atoms with Gasteiger partial charge in [-0.15, -0.1) is 0 Å². The van der Waals surface area contributed by atoms with Crippen LogP contribution in [0.5, 0.6) is 0 Å². The van der Waals surface area contributed by atoms with E-state index in [9.17, 15) is 24.0 Å². The van der Waals surface area contributed by atoms with Crippen LogP contribution in [0.1, 0.15) is 57.4 Å². The Kier molecular flexibility index (Phi) is 8.63. The maximum Gasteiger partial charge on any atom is 0.289 e. The molecule has 11 nitrogen and oxygen atoms in total. The van der Waals surface area contributed by atoms with Gasteiger partial charge in [0.15, 0.2) is 5.60 Å². The molecule has 4 aliphatic rings. The lowest BCUT2D eigenvalue weighted by Crippen LogP contribution is -2.54. The van der Waals surface area contributed by atoms with E-state index in [2.05, 4.69) is 15.8 Å². The molecule has 4 amide bonds. The first kappa shape index (κ1) is 30.8. The number of para-hydroxylation sites is 1. The zero-order valence-corrected chi connectivity index (χ0v) is 25.8. The predicted molar refractivity (Wildman–Crippen MR) is 166 cm³/mol. The number of likely N-dealkylation sites (tertiary alicyclic amines) is 1. The Labute approximate surface area is 266 Å². The van der Waals surface area contributed by atoms with Crippen LogP contribution in [0.4, 0.5) is 5.69 Å². The molecule has 2 aromatic rings. The molecule has 4 atom stereocenters. The Morgan fingerprint density at radius 3 is 2.60 bits per heavy atom. The second-order valence-electron chi connectivity index (χ2n) is 12.4. The largest absolute Gasteiger partial charge is 0.387 e. The number of hydrogen-bond donors (Lipinski definition) is 2. The third-order valence-corrected chi connectivity index (χ3v) is 9.11. The van der Waals surface area contributed by atoms with Crippen LogP contribution in [-0.4, -0.2) is 76.8 Å². The van der Waals surface area contributed by atoms with Crippen molar-refractivity contribution in [1.29, 1.82) is 0 Å². The highest BCUT2D eigenvalue weighted by Gasteiger charge is 2.55. The molecule has 0 radical (unpaired) electrons. The predicted octanol–water partition coefficient (Wildman–Crippen LogP) is 2.99. The Balaban J connectivity index is 1.23. The van der Waals surface area contributed by atoms with Gasteiger partial charge in [-0.2, -0.15) is 0 Å². The number of carbonyl (C=O) groups excluding carboxylic acids is 5. The molecule has 3 heterocycles. The minimum atomic E-state index is -1.03.